The highest BCUT2D eigenvalue weighted by atomic mass is 32.2. The van der Waals surface area contributed by atoms with Crippen LogP contribution in [0.1, 0.15) is 24.0 Å². The molecule has 0 heterocycles. The number of hydrogen-bond acceptors (Lipinski definition) is 3. The van der Waals surface area contributed by atoms with Crippen LogP contribution in [0.4, 0.5) is 0 Å². The molecule has 2 aromatic carbocycles. The number of rotatable bonds is 8. The first-order chi connectivity index (χ1) is 12.9. The summed E-state index contributed by atoms with van der Waals surface area (Å²) >= 11 is 0. The standard InChI is InChI=1S/C20H28N4O2S/c1-16-9-11-18(12-10-16)17(2)15-23-20(21-3)22-13-14-24-27(25,26)19-7-5-4-6-8-19/h4-12,17,24H,13-15H2,1-3H3,(H2,21,22,23). The summed E-state index contributed by atoms with van der Waals surface area (Å²) in [6.07, 6.45) is 0. The molecule has 0 amide bonds. The highest BCUT2D eigenvalue weighted by Crippen LogP contribution is 2.14. The van der Waals surface area contributed by atoms with Gasteiger partial charge in [0.1, 0.15) is 0 Å². The molecule has 0 aliphatic rings. The molecule has 0 aromatic heterocycles. The van der Waals surface area contributed by atoms with E-state index in [0.717, 1.165) is 6.54 Å². The number of aliphatic imine (C=N–C) groups is 1. The molecule has 2 rings (SSSR count). The van der Waals surface area contributed by atoms with Crippen molar-refractivity contribution in [3.63, 3.8) is 0 Å². The molecule has 0 bridgehead atoms. The van der Waals surface area contributed by atoms with Gasteiger partial charge in [0.15, 0.2) is 5.96 Å². The molecule has 0 saturated carbocycles. The Labute approximate surface area is 162 Å². The van der Waals surface area contributed by atoms with Crippen LogP contribution in [0.25, 0.3) is 0 Å². The zero-order valence-electron chi connectivity index (χ0n) is 16.1. The Morgan fingerprint density at radius 1 is 1.00 bits per heavy atom. The number of guanidine groups is 1. The molecule has 3 N–H and O–H groups in total. The number of hydrogen-bond donors (Lipinski definition) is 3. The van der Waals surface area contributed by atoms with Gasteiger partial charge in [0.2, 0.25) is 10.0 Å². The molecular formula is C20H28N4O2S. The molecule has 1 unspecified atom stereocenters. The van der Waals surface area contributed by atoms with Gasteiger partial charge in [0, 0.05) is 26.7 Å². The van der Waals surface area contributed by atoms with Gasteiger partial charge in [-0.3, -0.25) is 4.99 Å². The van der Waals surface area contributed by atoms with E-state index in [9.17, 15) is 8.42 Å². The van der Waals surface area contributed by atoms with Gasteiger partial charge in [-0.15, -0.1) is 0 Å². The Balaban J connectivity index is 1.75. The molecule has 7 heteroatoms. The first kappa shape index (κ1) is 20.9. The molecule has 0 saturated heterocycles. The first-order valence-corrected chi connectivity index (χ1v) is 10.5. The van der Waals surface area contributed by atoms with Crippen LogP contribution in [0, 0.1) is 6.92 Å². The predicted octanol–water partition coefficient (Wildman–Crippen LogP) is 2.24. The van der Waals surface area contributed by atoms with Crippen molar-refractivity contribution in [1.29, 1.82) is 0 Å². The van der Waals surface area contributed by atoms with Crippen molar-refractivity contribution >= 4 is 16.0 Å². The van der Waals surface area contributed by atoms with Crippen LogP contribution in [-0.2, 0) is 10.0 Å². The van der Waals surface area contributed by atoms with Crippen LogP contribution >= 0.6 is 0 Å². The summed E-state index contributed by atoms with van der Waals surface area (Å²) in [4.78, 5) is 4.44. The van der Waals surface area contributed by atoms with Gasteiger partial charge in [-0.25, -0.2) is 13.1 Å². The van der Waals surface area contributed by atoms with E-state index in [0.29, 0.717) is 18.4 Å². The zero-order chi connectivity index (χ0) is 19.7. The molecule has 0 aliphatic heterocycles. The average Bonchev–Trinajstić information content (AvgIpc) is 2.68. The fourth-order valence-corrected chi connectivity index (χ4v) is 3.59. The summed E-state index contributed by atoms with van der Waals surface area (Å²) in [6.45, 7) is 5.66. The van der Waals surface area contributed by atoms with Gasteiger partial charge < -0.3 is 10.6 Å². The maximum absolute atomic E-state index is 12.2. The quantitative estimate of drug-likeness (QED) is 0.368. The molecule has 27 heavy (non-hydrogen) atoms. The summed E-state index contributed by atoms with van der Waals surface area (Å²) in [5, 5.41) is 6.39. The van der Waals surface area contributed by atoms with E-state index in [2.05, 4.69) is 58.5 Å². The zero-order valence-corrected chi connectivity index (χ0v) is 16.9. The van der Waals surface area contributed by atoms with E-state index in [-0.39, 0.29) is 11.4 Å². The molecular weight excluding hydrogens is 360 g/mol. The topological polar surface area (TPSA) is 82.6 Å². The van der Waals surface area contributed by atoms with E-state index >= 15 is 0 Å². The number of benzene rings is 2. The summed E-state index contributed by atoms with van der Waals surface area (Å²) in [6, 6.07) is 16.8. The molecule has 1 atom stereocenters. The van der Waals surface area contributed by atoms with Gasteiger partial charge in [-0.2, -0.15) is 0 Å². The van der Waals surface area contributed by atoms with E-state index in [1.54, 1.807) is 37.4 Å². The van der Waals surface area contributed by atoms with Crippen molar-refractivity contribution in [2.45, 2.75) is 24.7 Å². The minimum atomic E-state index is -3.48. The Morgan fingerprint density at radius 2 is 1.67 bits per heavy atom. The summed E-state index contributed by atoms with van der Waals surface area (Å²) in [5.41, 5.74) is 2.51. The van der Waals surface area contributed by atoms with Gasteiger partial charge >= 0.3 is 0 Å². The summed E-state index contributed by atoms with van der Waals surface area (Å²) in [7, 11) is -1.79. The number of nitrogens with one attached hydrogen (secondary N) is 3. The Bertz CT molecular complexity index is 834. The van der Waals surface area contributed by atoms with Gasteiger partial charge in [0.25, 0.3) is 0 Å². The van der Waals surface area contributed by atoms with Crippen LogP contribution in [0.15, 0.2) is 64.5 Å². The third kappa shape index (κ3) is 6.69. The highest BCUT2D eigenvalue weighted by molar-refractivity contribution is 7.89. The minimum Gasteiger partial charge on any atom is -0.356 e. The Hall–Kier alpha value is -2.38. The van der Waals surface area contributed by atoms with Crippen LogP contribution < -0.4 is 15.4 Å². The maximum Gasteiger partial charge on any atom is 0.240 e. The van der Waals surface area contributed by atoms with Crippen LogP contribution in [0.2, 0.25) is 0 Å². The third-order valence-corrected chi connectivity index (χ3v) is 5.69. The highest BCUT2D eigenvalue weighted by Gasteiger charge is 2.12. The average molecular weight is 389 g/mol. The fraction of sp³-hybridized carbons (Fsp3) is 0.350. The first-order valence-electron chi connectivity index (χ1n) is 8.98. The van der Waals surface area contributed by atoms with Crippen molar-refractivity contribution in [3.05, 3.63) is 65.7 Å². The van der Waals surface area contributed by atoms with Gasteiger partial charge in [-0.05, 0) is 30.5 Å². The molecule has 0 aliphatic carbocycles. The monoisotopic (exact) mass is 388 g/mol. The smallest absolute Gasteiger partial charge is 0.240 e. The van der Waals surface area contributed by atoms with Crippen molar-refractivity contribution in [2.75, 3.05) is 26.7 Å². The van der Waals surface area contributed by atoms with Crippen LogP contribution in [-0.4, -0.2) is 41.1 Å². The lowest BCUT2D eigenvalue weighted by Crippen LogP contribution is -2.42. The number of nitrogens with zero attached hydrogens (tertiary/aromatic N) is 1. The normalized spacial score (nSPS) is 13.2. The Kier molecular flexibility index (Phi) is 7.82. The second-order valence-electron chi connectivity index (χ2n) is 6.40. The molecule has 0 fully saturated rings. The SMILES string of the molecule is CN=C(NCCNS(=O)(=O)c1ccccc1)NCC(C)c1ccc(C)cc1. The maximum atomic E-state index is 12.2. The van der Waals surface area contributed by atoms with Crippen molar-refractivity contribution in [3.8, 4) is 0 Å². The molecule has 146 valence electrons. The third-order valence-electron chi connectivity index (χ3n) is 4.21. The van der Waals surface area contributed by atoms with Crippen LogP contribution in [0.5, 0.6) is 0 Å². The largest absolute Gasteiger partial charge is 0.356 e. The van der Waals surface area contributed by atoms with Crippen LogP contribution in [0.3, 0.4) is 0 Å². The van der Waals surface area contributed by atoms with Crippen molar-refractivity contribution in [2.24, 2.45) is 4.99 Å². The second kappa shape index (κ2) is 10.1. The van der Waals surface area contributed by atoms with Gasteiger partial charge in [-0.1, -0.05) is 55.0 Å². The predicted molar refractivity (Wildman–Crippen MR) is 111 cm³/mol. The van der Waals surface area contributed by atoms with E-state index in [1.807, 2.05) is 0 Å². The fourth-order valence-electron chi connectivity index (χ4n) is 2.53. The summed E-state index contributed by atoms with van der Waals surface area (Å²) < 4.78 is 26.9. The lowest BCUT2D eigenvalue weighted by molar-refractivity contribution is 0.580. The minimum absolute atomic E-state index is 0.263. The van der Waals surface area contributed by atoms with E-state index < -0.39 is 10.0 Å². The lowest BCUT2D eigenvalue weighted by Gasteiger charge is -2.17. The van der Waals surface area contributed by atoms with Gasteiger partial charge in [0.05, 0.1) is 4.90 Å². The second-order valence-corrected chi connectivity index (χ2v) is 8.17. The molecule has 0 radical (unpaired) electrons. The lowest BCUT2D eigenvalue weighted by atomic mass is 10.0. The summed E-state index contributed by atoms with van der Waals surface area (Å²) in [5.74, 6) is 0.980. The number of sulfonamides is 1. The van der Waals surface area contributed by atoms with Crippen molar-refractivity contribution < 1.29 is 8.42 Å². The Morgan fingerprint density at radius 3 is 2.30 bits per heavy atom. The molecule has 6 nitrogen and oxygen atoms in total. The van der Waals surface area contributed by atoms with E-state index in [4.69, 9.17) is 0 Å². The molecule has 0 spiro atoms. The number of aryl methyl sites for hydroxylation is 1. The van der Waals surface area contributed by atoms with Crippen molar-refractivity contribution in [1.82, 2.24) is 15.4 Å². The van der Waals surface area contributed by atoms with E-state index in [1.165, 1.54) is 11.1 Å². The molecule has 2 aromatic rings.